The molecule has 0 saturated carbocycles. The standard InChI is InChI=1S/C15H21ClN2O2S/c1-11(2)21(19,20)8-7-18-10-12(5-6-17)14-4-3-13(16)9-15(14)18/h3-4,9-11H,5-8,17H2,1-2H3. The number of aryl methyl sites for hydroxylation is 1. The summed E-state index contributed by atoms with van der Waals surface area (Å²) in [6.45, 7) is 4.41. The lowest BCUT2D eigenvalue weighted by Crippen LogP contribution is -2.20. The van der Waals surface area contributed by atoms with E-state index in [0.29, 0.717) is 18.1 Å². The van der Waals surface area contributed by atoms with E-state index in [0.717, 1.165) is 22.9 Å². The quantitative estimate of drug-likeness (QED) is 0.886. The van der Waals surface area contributed by atoms with Crippen LogP contribution >= 0.6 is 11.6 Å². The average molecular weight is 329 g/mol. The minimum absolute atomic E-state index is 0.128. The van der Waals surface area contributed by atoms with Crippen LogP contribution in [0.4, 0.5) is 0 Å². The van der Waals surface area contributed by atoms with Crippen LogP contribution in [-0.2, 0) is 22.8 Å². The molecule has 0 bridgehead atoms. The molecule has 0 atom stereocenters. The van der Waals surface area contributed by atoms with Crippen LogP contribution in [0.15, 0.2) is 24.4 Å². The number of fused-ring (bicyclic) bond motifs is 1. The van der Waals surface area contributed by atoms with Crippen LogP contribution in [0.1, 0.15) is 19.4 Å². The number of rotatable bonds is 6. The molecular weight excluding hydrogens is 308 g/mol. The Morgan fingerprint density at radius 1 is 1.33 bits per heavy atom. The molecule has 6 heteroatoms. The summed E-state index contributed by atoms with van der Waals surface area (Å²) in [7, 11) is -3.06. The van der Waals surface area contributed by atoms with Crippen LogP contribution in [0.5, 0.6) is 0 Å². The molecule has 4 nitrogen and oxygen atoms in total. The second-order valence-corrected chi connectivity index (χ2v) is 8.58. The van der Waals surface area contributed by atoms with Gasteiger partial charge in [0.25, 0.3) is 0 Å². The molecule has 1 heterocycles. The Labute approximate surface area is 130 Å². The molecule has 0 amide bonds. The summed E-state index contributed by atoms with van der Waals surface area (Å²) >= 11 is 6.06. The molecular formula is C15H21ClN2O2S. The molecule has 1 aromatic carbocycles. The lowest BCUT2D eigenvalue weighted by molar-refractivity contribution is 0.581. The fourth-order valence-electron chi connectivity index (χ4n) is 2.34. The second-order valence-electron chi connectivity index (χ2n) is 5.46. The predicted molar refractivity (Wildman–Crippen MR) is 88.6 cm³/mol. The number of hydrogen-bond donors (Lipinski definition) is 1. The fourth-order valence-corrected chi connectivity index (χ4v) is 3.43. The number of halogens is 1. The van der Waals surface area contributed by atoms with Crippen molar-refractivity contribution in [2.45, 2.75) is 32.1 Å². The highest BCUT2D eigenvalue weighted by atomic mass is 35.5. The first kappa shape index (κ1) is 16.3. The maximum absolute atomic E-state index is 12.0. The van der Waals surface area contributed by atoms with Crippen LogP contribution in [-0.4, -0.2) is 30.5 Å². The van der Waals surface area contributed by atoms with Crippen LogP contribution in [0, 0.1) is 0 Å². The van der Waals surface area contributed by atoms with Gasteiger partial charge >= 0.3 is 0 Å². The number of nitrogens with zero attached hydrogens (tertiary/aromatic N) is 1. The Morgan fingerprint density at radius 2 is 2.05 bits per heavy atom. The molecule has 2 aromatic rings. The van der Waals surface area contributed by atoms with Gasteiger partial charge in [0.05, 0.1) is 11.0 Å². The number of nitrogens with two attached hydrogens (primary N) is 1. The number of hydrogen-bond acceptors (Lipinski definition) is 3. The first-order chi connectivity index (χ1) is 9.85. The van der Waals surface area contributed by atoms with Crippen LogP contribution in [0.25, 0.3) is 10.9 Å². The third-order valence-electron chi connectivity index (χ3n) is 3.68. The second kappa shape index (κ2) is 6.38. The number of sulfone groups is 1. The van der Waals surface area contributed by atoms with Crippen molar-refractivity contribution in [2.24, 2.45) is 5.73 Å². The number of aromatic nitrogens is 1. The first-order valence-electron chi connectivity index (χ1n) is 7.04. The minimum atomic E-state index is -3.06. The minimum Gasteiger partial charge on any atom is -0.346 e. The average Bonchev–Trinajstić information content (AvgIpc) is 2.74. The van der Waals surface area contributed by atoms with Crippen molar-refractivity contribution in [3.05, 3.63) is 35.0 Å². The van der Waals surface area contributed by atoms with E-state index < -0.39 is 9.84 Å². The summed E-state index contributed by atoms with van der Waals surface area (Å²) in [5.41, 5.74) is 7.74. The van der Waals surface area contributed by atoms with Crippen molar-refractivity contribution in [1.82, 2.24) is 4.57 Å². The number of benzene rings is 1. The monoisotopic (exact) mass is 328 g/mol. The van der Waals surface area contributed by atoms with E-state index in [1.54, 1.807) is 13.8 Å². The van der Waals surface area contributed by atoms with Crippen LogP contribution in [0.2, 0.25) is 5.02 Å². The van der Waals surface area contributed by atoms with Crippen molar-refractivity contribution in [3.63, 3.8) is 0 Å². The van der Waals surface area contributed by atoms with E-state index in [1.165, 1.54) is 0 Å². The Balaban J connectivity index is 2.37. The summed E-state index contributed by atoms with van der Waals surface area (Å²) in [5, 5.41) is 1.38. The van der Waals surface area contributed by atoms with Crippen LogP contribution < -0.4 is 5.73 Å². The summed E-state index contributed by atoms with van der Waals surface area (Å²) < 4.78 is 25.9. The molecule has 2 N–H and O–H groups in total. The van der Waals surface area contributed by atoms with Gasteiger partial charge in [0.1, 0.15) is 0 Å². The van der Waals surface area contributed by atoms with E-state index in [-0.39, 0.29) is 11.0 Å². The van der Waals surface area contributed by atoms with Crippen molar-refractivity contribution in [3.8, 4) is 0 Å². The van der Waals surface area contributed by atoms with Gasteiger partial charge in [0, 0.05) is 28.7 Å². The zero-order valence-electron chi connectivity index (χ0n) is 12.3. The predicted octanol–water partition coefficient (Wildman–Crippen LogP) is 2.62. The molecule has 0 saturated heterocycles. The molecule has 116 valence electrons. The van der Waals surface area contributed by atoms with Gasteiger partial charge in [-0.3, -0.25) is 0 Å². The van der Waals surface area contributed by atoms with Gasteiger partial charge in [0.15, 0.2) is 9.84 Å². The largest absolute Gasteiger partial charge is 0.346 e. The van der Waals surface area contributed by atoms with E-state index >= 15 is 0 Å². The van der Waals surface area contributed by atoms with Gasteiger partial charge in [-0.15, -0.1) is 0 Å². The maximum Gasteiger partial charge on any atom is 0.154 e. The van der Waals surface area contributed by atoms with Gasteiger partial charge in [-0.05, 0) is 44.5 Å². The summed E-state index contributed by atoms with van der Waals surface area (Å²) in [5.74, 6) is 0.128. The normalized spacial score (nSPS) is 12.4. The van der Waals surface area contributed by atoms with Gasteiger partial charge in [-0.1, -0.05) is 17.7 Å². The van der Waals surface area contributed by atoms with Crippen molar-refractivity contribution in [2.75, 3.05) is 12.3 Å². The van der Waals surface area contributed by atoms with Gasteiger partial charge < -0.3 is 10.3 Å². The molecule has 1 aromatic heterocycles. The van der Waals surface area contributed by atoms with Gasteiger partial charge in [-0.2, -0.15) is 0 Å². The van der Waals surface area contributed by atoms with Crippen molar-refractivity contribution in [1.29, 1.82) is 0 Å². The first-order valence-corrected chi connectivity index (χ1v) is 9.13. The highest BCUT2D eigenvalue weighted by Gasteiger charge is 2.17. The van der Waals surface area contributed by atoms with E-state index in [1.807, 2.05) is 29.0 Å². The maximum atomic E-state index is 12.0. The lowest BCUT2D eigenvalue weighted by atomic mass is 10.1. The highest BCUT2D eigenvalue weighted by molar-refractivity contribution is 7.91. The summed E-state index contributed by atoms with van der Waals surface area (Å²) in [6, 6.07) is 5.69. The third kappa shape index (κ3) is 3.59. The Bertz CT molecular complexity index is 735. The molecule has 0 spiro atoms. The molecule has 2 rings (SSSR count). The van der Waals surface area contributed by atoms with E-state index in [4.69, 9.17) is 17.3 Å². The zero-order chi connectivity index (χ0) is 15.6. The topological polar surface area (TPSA) is 65.1 Å². The van der Waals surface area contributed by atoms with Gasteiger partial charge in [0.2, 0.25) is 0 Å². The SMILES string of the molecule is CC(C)S(=O)(=O)CCn1cc(CCN)c2ccc(Cl)cc21. The van der Waals surface area contributed by atoms with E-state index in [9.17, 15) is 8.42 Å². The van der Waals surface area contributed by atoms with Crippen molar-refractivity contribution >= 4 is 32.3 Å². The lowest BCUT2D eigenvalue weighted by Gasteiger charge is -2.09. The Kier molecular flexibility index (Phi) is 4.96. The zero-order valence-corrected chi connectivity index (χ0v) is 13.9. The molecule has 0 aliphatic heterocycles. The third-order valence-corrected chi connectivity index (χ3v) is 6.10. The highest BCUT2D eigenvalue weighted by Crippen LogP contribution is 2.25. The molecule has 0 unspecified atom stereocenters. The van der Waals surface area contributed by atoms with Crippen molar-refractivity contribution < 1.29 is 8.42 Å². The van der Waals surface area contributed by atoms with Gasteiger partial charge in [-0.25, -0.2) is 8.42 Å². The Morgan fingerprint density at radius 3 is 2.67 bits per heavy atom. The molecule has 0 fully saturated rings. The molecule has 0 aliphatic carbocycles. The summed E-state index contributed by atoms with van der Waals surface area (Å²) in [4.78, 5) is 0. The molecule has 0 radical (unpaired) electrons. The van der Waals surface area contributed by atoms with E-state index in [2.05, 4.69) is 0 Å². The molecule has 0 aliphatic rings. The molecule has 21 heavy (non-hydrogen) atoms. The Hall–Kier alpha value is -1.04. The fraction of sp³-hybridized carbons (Fsp3) is 0.467. The smallest absolute Gasteiger partial charge is 0.154 e. The van der Waals surface area contributed by atoms with Crippen LogP contribution in [0.3, 0.4) is 0 Å². The summed E-state index contributed by atoms with van der Waals surface area (Å²) in [6.07, 6.45) is 2.76.